The number of nitrogens with two attached hydrogens (primary N) is 1. The summed E-state index contributed by atoms with van der Waals surface area (Å²) < 4.78 is 38.8. The van der Waals surface area contributed by atoms with Gasteiger partial charge < -0.3 is 5.73 Å². The van der Waals surface area contributed by atoms with Crippen LogP contribution in [0.3, 0.4) is 0 Å². The summed E-state index contributed by atoms with van der Waals surface area (Å²) in [5.74, 6) is -1.29. The summed E-state index contributed by atoms with van der Waals surface area (Å²) in [6.45, 7) is 0. The average Bonchev–Trinajstić information content (AvgIpc) is 2.74. The fraction of sp³-hybridized carbons (Fsp3) is 0.667. The summed E-state index contributed by atoms with van der Waals surface area (Å²) in [5.41, 5.74) is 6.07. The van der Waals surface area contributed by atoms with Crippen LogP contribution in [0.5, 0.6) is 0 Å². The van der Waals surface area contributed by atoms with Crippen LogP contribution < -0.4 is 5.73 Å². The van der Waals surface area contributed by atoms with Crippen molar-refractivity contribution in [2.45, 2.75) is 37.9 Å². The minimum atomic E-state index is -4.09. The molecule has 1 aromatic rings. The van der Waals surface area contributed by atoms with Crippen molar-refractivity contribution in [2.24, 2.45) is 17.6 Å². The lowest BCUT2D eigenvalue weighted by molar-refractivity contribution is -0.186. The largest absolute Gasteiger partial charge is 0.391 e. The molecule has 0 aromatic carbocycles. The van der Waals surface area contributed by atoms with Crippen molar-refractivity contribution < 1.29 is 13.2 Å². The van der Waals surface area contributed by atoms with Crippen molar-refractivity contribution in [2.75, 3.05) is 0 Å². The van der Waals surface area contributed by atoms with Crippen LogP contribution in [0.25, 0.3) is 0 Å². The minimum absolute atomic E-state index is 0.0971. The summed E-state index contributed by atoms with van der Waals surface area (Å²) in [7, 11) is 0. The van der Waals surface area contributed by atoms with E-state index >= 15 is 0 Å². The first-order chi connectivity index (χ1) is 8.38. The molecule has 1 aliphatic carbocycles. The molecule has 1 heterocycles. The summed E-state index contributed by atoms with van der Waals surface area (Å²) in [6, 6.07) is 3.23. The van der Waals surface area contributed by atoms with Crippen LogP contribution in [-0.4, -0.2) is 6.18 Å². The molecule has 0 radical (unpaired) electrons. The molecule has 1 nitrogen and oxygen atoms in total. The van der Waals surface area contributed by atoms with Crippen LogP contribution in [0, 0.1) is 11.8 Å². The van der Waals surface area contributed by atoms with Gasteiger partial charge in [-0.1, -0.05) is 18.0 Å². The fourth-order valence-corrected chi connectivity index (χ4v) is 3.75. The molecule has 0 saturated heterocycles. The van der Waals surface area contributed by atoms with Gasteiger partial charge in [0.25, 0.3) is 0 Å². The number of hydrogen-bond donors (Lipinski definition) is 1. The Morgan fingerprint density at radius 2 is 2.06 bits per heavy atom. The van der Waals surface area contributed by atoms with Crippen molar-refractivity contribution in [1.29, 1.82) is 0 Å². The van der Waals surface area contributed by atoms with E-state index in [0.29, 0.717) is 10.8 Å². The molecule has 2 N–H and O–H groups in total. The van der Waals surface area contributed by atoms with Crippen LogP contribution in [0.1, 0.15) is 36.6 Å². The first-order valence-corrected chi connectivity index (χ1v) is 7.15. The SMILES string of the molecule is NC(c1ccc(Cl)s1)C1CCCC(C(F)(F)F)C1. The summed E-state index contributed by atoms with van der Waals surface area (Å²) in [5, 5.41) is 0. The van der Waals surface area contributed by atoms with Gasteiger partial charge >= 0.3 is 6.18 Å². The van der Waals surface area contributed by atoms with Gasteiger partial charge in [-0.2, -0.15) is 13.2 Å². The zero-order valence-corrected chi connectivity index (χ0v) is 11.3. The van der Waals surface area contributed by atoms with Gasteiger partial charge in [0.2, 0.25) is 0 Å². The molecule has 102 valence electrons. The van der Waals surface area contributed by atoms with Crippen LogP contribution in [0.15, 0.2) is 12.1 Å². The van der Waals surface area contributed by atoms with E-state index in [0.717, 1.165) is 11.3 Å². The second-order valence-corrected chi connectivity index (χ2v) is 6.58. The Labute approximate surface area is 113 Å². The molecule has 1 fully saturated rings. The Morgan fingerprint density at radius 3 is 2.61 bits per heavy atom. The van der Waals surface area contributed by atoms with E-state index in [-0.39, 0.29) is 24.8 Å². The van der Waals surface area contributed by atoms with Crippen molar-refractivity contribution in [3.05, 3.63) is 21.3 Å². The molecule has 0 bridgehead atoms. The fourth-order valence-electron chi connectivity index (χ4n) is 2.59. The lowest BCUT2D eigenvalue weighted by Crippen LogP contribution is -2.33. The van der Waals surface area contributed by atoms with Gasteiger partial charge in [-0.3, -0.25) is 0 Å². The standard InChI is InChI=1S/C12H15ClF3NS/c13-10-5-4-9(18-10)11(17)7-2-1-3-8(6-7)12(14,15)16/h4-5,7-8,11H,1-3,6,17H2. The van der Waals surface area contributed by atoms with Crippen molar-refractivity contribution >= 4 is 22.9 Å². The lowest BCUT2D eigenvalue weighted by Gasteiger charge is -2.33. The van der Waals surface area contributed by atoms with E-state index in [4.69, 9.17) is 17.3 Å². The molecule has 2 rings (SSSR count). The van der Waals surface area contributed by atoms with E-state index in [1.807, 2.05) is 6.07 Å². The third-order valence-corrected chi connectivity index (χ3v) is 4.94. The zero-order chi connectivity index (χ0) is 13.3. The van der Waals surface area contributed by atoms with Crippen LogP contribution in [0.4, 0.5) is 13.2 Å². The number of rotatable bonds is 2. The molecule has 3 unspecified atom stereocenters. The highest BCUT2D eigenvalue weighted by Gasteiger charge is 2.43. The monoisotopic (exact) mass is 297 g/mol. The molecular weight excluding hydrogens is 283 g/mol. The average molecular weight is 298 g/mol. The molecule has 6 heteroatoms. The molecule has 1 aromatic heterocycles. The summed E-state index contributed by atoms with van der Waals surface area (Å²) in [6.07, 6.45) is -2.35. The molecular formula is C12H15ClF3NS. The van der Waals surface area contributed by atoms with E-state index < -0.39 is 12.1 Å². The molecule has 0 amide bonds. The maximum atomic E-state index is 12.7. The maximum absolute atomic E-state index is 12.7. The van der Waals surface area contributed by atoms with Crippen molar-refractivity contribution in [1.82, 2.24) is 0 Å². The highest BCUT2D eigenvalue weighted by Crippen LogP contribution is 2.44. The van der Waals surface area contributed by atoms with Gasteiger partial charge in [-0.15, -0.1) is 11.3 Å². The third kappa shape index (κ3) is 3.19. The van der Waals surface area contributed by atoms with Gasteiger partial charge in [-0.05, 0) is 37.3 Å². The number of thiophene rings is 1. The molecule has 0 aliphatic heterocycles. The number of halogens is 4. The minimum Gasteiger partial charge on any atom is -0.323 e. The lowest BCUT2D eigenvalue weighted by atomic mass is 9.77. The van der Waals surface area contributed by atoms with Crippen LogP contribution >= 0.6 is 22.9 Å². The highest BCUT2D eigenvalue weighted by atomic mass is 35.5. The van der Waals surface area contributed by atoms with Crippen LogP contribution in [-0.2, 0) is 0 Å². The third-order valence-electron chi connectivity index (χ3n) is 3.61. The highest BCUT2D eigenvalue weighted by molar-refractivity contribution is 7.16. The first kappa shape index (κ1) is 14.2. The van der Waals surface area contributed by atoms with Crippen molar-refractivity contribution in [3.8, 4) is 0 Å². The summed E-state index contributed by atoms with van der Waals surface area (Å²) in [4.78, 5) is 0.882. The predicted octanol–water partition coefficient (Wildman–Crippen LogP) is 4.77. The predicted molar refractivity (Wildman–Crippen MR) is 67.8 cm³/mol. The smallest absolute Gasteiger partial charge is 0.323 e. The Balaban J connectivity index is 2.05. The quantitative estimate of drug-likeness (QED) is 0.836. The Kier molecular flexibility index (Phi) is 4.24. The molecule has 1 saturated carbocycles. The van der Waals surface area contributed by atoms with E-state index in [1.54, 1.807) is 6.07 Å². The molecule has 3 atom stereocenters. The Hall–Kier alpha value is -0.260. The zero-order valence-electron chi connectivity index (χ0n) is 9.71. The van der Waals surface area contributed by atoms with E-state index in [1.165, 1.54) is 11.3 Å². The second kappa shape index (κ2) is 5.39. The van der Waals surface area contributed by atoms with Crippen molar-refractivity contribution in [3.63, 3.8) is 0 Å². The Bertz CT molecular complexity index is 404. The first-order valence-electron chi connectivity index (χ1n) is 5.95. The van der Waals surface area contributed by atoms with Gasteiger partial charge in [0, 0.05) is 10.9 Å². The van der Waals surface area contributed by atoms with Crippen LogP contribution in [0.2, 0.25) is 4.34 Å². The second-order valence-electron chi connectivity index (χ2n) is 4.83. The normalized spacial score (nSPS) is 27.2. The van der Waals surface area contributed by atoms with E-state index in [2.05, 4.69) is 0 Å². The van der Waals surface area contributed by atoms with Gasteiger partial charge in [0.1, 0.15) is 0 Å². The Morgan fingerprint density at radius 1 is 1.33 bits per heavy atom. The summed E-state index contributed by atoms with van der Waals surface area (Å²) >= 11 is 7.19. The maximum Gasteiger partial charge on any atom is 0.391 e. The molecule has 0 spiro atoms. The van der Waals surface area contributed by atoms with Gasteiger partial charge in [0.05, 0.1) is 10.3 Å². The molecule has 1 aliphatic rings. The van der Waals surface area contributed by atoms with Gasteiger partial charge in [-0.25, -0.2) is 0 Å². The number of hydrogen-bond acceptors (Lipinski definition) is 2. The van der Waals surface area contributed by atoms with Gasteiger partial charge in [0.15, 0.2) is 0 Å². The number of alkyl halides is 3. The topological polar surface area (TPSA) is 26.0 Å². The molecule has 18 heavy (non-hydrogen) atoms. The van der Waals surface area contributed by atoms with E-state index in [9.17, 15) is 13.2 Å².